The molecular formula is C26H37F5O2S2. The lowest BCUT2D eigenvalue weighted by Gasteiger charge is -2.62. The van der Waals surface area contributed by atoms with Gasteiger partial charge in [-0.15, -0.1) is 23.5 Å². The second-order valence-electron chi connectivity index (χ2n) is 12.1. The van der Waals surface area contributed by atoms with Crippen molar-refractivity contribution in [2.24, 2.45) is 34.5 Å². The summed E-state index contributed by atoms with van der Waals surface area (Å²) in [5, 5.41) is 20.7. The average Bonchev–Trinajstić information content (AvgIpc) is 3.35. The summed E-state index contributed by atoms with van der Waals surface area (Å²) in [7, 11) is 0. The SMILES string of the molecule is C[C@]12CCC3(C=C1C[C@@H](CCCO)[C@@H]1[C@@H]2CC[C@@]2(C)[C@H]1CC[C@@]2(O)C(F)(F)C(F)(F)F)SCCS3. The summed E-state index contributed by atoms with van der Waals surface area (Å²) in [6.45, 7) is 3.83. The van der Waals surface area contributed by atoms with E-state index >= 15 is 0 Å². The number of fused-ring (bicyclic) bond motifs is 5. The smallest absolute Gasteiger partial charge is 0.396 e. The van der Waals surface area contributed by atoms with E-state index in [0.29, 0.717) is 12.8 Å². The van der Waals surface area contributed by atoms with E-state index in [-0.39, 0.29) is 52.6 Å². The standard InChI is InChI=1S/C26H37F5O2S2/c1-21-9-10-23(34-12-13-35-23)15-17(21)14-16(4-3-11-32)20-18(21)5-7-22(2)19(20)6-8-24(22,33)25(27,28)26(29,30)31/h15-16,18-20,32-33H,3-14H2,1-2H3/t16-,18+,19+,20-,21+,22+,24+/m1/s1. The van der Waals surface area contributed by atoms with E-state index in [0.717, 1.165) is 37.2 Å². The van der Waals surface area contributed by atoms with Crippen LogP contribution in [-0.4, -0.2) is 50.1 Å². The predicted molar refractivity (Wildman–Crippen MR) is 130 cm³/mol. The maximum atomic E-state index is 14.9. The molecule has 1 spiro atoms. The number of aliphatic hydroxyl groups excluding tert-OH is 1. The molecule has 1 heterocycles. The minimum atomic E-state index is -5.78. The second kappa shape index (κ2) is 8.51. The number of hydrogen-bond donors (Lipinski definition) is 2. The molecular weight excluding hydrogens is 503 g/mol. The normalized spacial score (nSPS) is 45.1. The largest absolute Gasteiger partial charge is 0.456 e. The second-order valence-corrected chi connectivity index (χ2v) is 15.3. The Bertz CT molecular complexity index is 872. The lowest BCUT2D eigenvalue weighted by atomic mass is 9.43. The first-order valence-corrected chi connectivity index (χ1v) is 15.0. The van der Waals surface area contributed by atoms with E-state index < -0.39 is 29.5 Å². The van der Waals surface area contributed by atoms with Crippen molar-refractivity contribution in [3.05, 3.63) is 11.6 Å². The molecule has 200 valence electrons. The van der Waals surface area contributed by atoms with Gasteiger partial charge in [-0.3, -0.25) is 0 Å². The van der Waals surface area contributed by atoms with Gasteiger partial charge in [-0.1, -0.05) is 25.5 Å². The molecule has 4 fully saturated rings. The Kier molecular flexibility index (Phi) is 6.47. The summed E-state index contributed by atoms with van der Waals surface area (Å²) in [4.78, 5) is 0. The number of halogens is 5. The summed E-state index contributed by atoms with van der Waals surface area (Å²) in [6.07, 6.45) is 1.35. The fraction of sp³-hybridized carbons (Fsp3) is 0.923. The van der Waals surface area contributed by atoms with Crippen LogP contribution in [0.15, 0.2) is 11.6 Å². The summed E-state index contributed by atoms with van der Waals surface area (Å²) in [6, 6.07) is 0. The van der Waals surface area contributed by atoms with Crippen molar-refractivity contribution in [3.63, 3.8) is 0 Å². The molecule has 3 saturated carbocycles. The monoisotopic (exact) mass is 540 g/mol. The maximum Gasteiger partial charge on any atom is 0.456 e. The van der Waals surface area contributed by atoms with Crippen LogP contribution in [0.4, 0.5) is 22.0 Å². The maximum absolute atomic E-state index is 14.9. The van der Waals surface area contributed by atoms with Gasteiger partial charge in [0, 0.05) is 23.5 Å². The Balaban J connectivity index is 1.54. The quantitative estimate of drug-likeness (QED) is 0.296. The van der Waals surface area contributed by atoms with Gasteiger partial charge < -0.3 is 10.2 Å². The Hall–Kier alpha value is 0.01000. The predicted octanol–water partition coefficient (Wildman–Crippen LogP) is 7.05. The molecule has 5 rings (SSSR count). The topological polar surface area (TPSA) is 40.5 Å². The number of thioether (sulfide) groups is 2. The van der Waals surface area contributed by atoms with Gasteiger partial charge in [0.1, 0.15) is 5.60 Å². The molecule has 2 N–H and O–H groups in total. The van der Waals surface area contributed by atoms with Crippen LogP contribution >= 0.6 is 23.5 Å². The summed E-state index contributed by atoms with van der Waals surface area (Å²) >= 11 is 4.02. The van der Waals surface area contributed by atoms with E-state index in [1.165, 1.54) is 12.5 Å². The van der Waals surface area contributed by atoms with Gasteiger partial charge in [-0.25, -0.2) is 0 Å². The third kappa shape index (κ3) is 3.63. The van der Waals surface area contributed by atoms with Gasteiger partial charge in [0.25, 0.3) is 0 Å². The molecule has 2 nitrogen and oxygen atoms in total. The van der Waals surface area contributed by atoms with Crippen LogP contribution in [0.3, 0.4) is 0 Å². The van der Waals surface area contributed by atoms with Gasteiger partial charge in [-0.2, -0.15) is 22.0 Å². The lowest BCUT2D eigenvalue weighted by molar-refractivity contribution is -0.364. The first-order chi connectivity index (χ1) is 16.2. The molecule has 4 aliphatic carbocycles. The third-order valence-corrected chi connectivity index (χ3v) is 14.2. The molecule has 35 heavy (non-hydrogen) atoms. The van der Waals surface area contributed by atoms with Crippen molar-refractivity contribution in [1.29, 1.82) is 0 Å². The zero-order valence-corrected chi connectivity index (χ0v) is 22.1. The molecule has 1 saturated heterocycles. The summed E-state index contributed by atoms with van der Waals surface area (Å²) in [5.41, 5.74) is -3.22. The summed E-state index contributed by atoms with van der Waals surface area (Å²) in [5.74, 6) is -2.93. The fourth-order valence-corrected chi connectivity index (χ4v) is 12.1. The number of rotatable bonds is 4. The molecule has 0 unspecified atom stereocenters. The van der Waals surface area contributed by atoms with Crippen molar-refractivity contribution in [1.82, 2.24) is 0 Å². The zero-order valence-electron chi connectivity index (χ0n) is 20.5. The van der Waals surface area contributed by atoms with Gasteiger partial charge in [0.2, 0.25) is 0 Å². The molecule has 0 aromatic heterocycles. The minimum Gasteiger partial charge on any atom is -0.396 e. The van der Waals surface area contributed by atoms with Crippen molar-refractivity contribution in [2.75, 3.05) is 18.1 Å². The van der Waals surface area contributed by atoms with Crippen LogP contribution in [0.2, 0.25) is 0 Å². The molecule has 9 heteroatoms. The van der Waals surface area contributed by atoms with Crippen LogP contribution in [0.25, 0.3) is 0 Å². The highest BCUT2D eigenvalue weighted by Gasteiger charge is 2.79. The molecule has 5 aliphatic rings. The van der Waals surface area contributed by atoms with E-state index in [1.807, 2.05) is 23.5 Å². The lowest BCUT2D eigenvalue weighted by Crippen LogP contribution is -2.66. The van der Waals surface area contributed by atoms with E-state index in [4.69, 9.17) is 0 Å². The van der Waals surface area contributed by atoms with Crippen LogP contribution in [-0.2, 0) is 0 Å². The van der Waals surface area contributed by atoms with Gasteiger partial charge >= 0.3 is 12.1 Å². The molecule has 0 aromatic rings. The average molecular weight is 541 g/mol. The first kappa shape index (κ1) is 26.6. The Morgan fingerprint density at radius 1 is 0.971 bits per heavy atom. The minimum absolute atomic E-state index is 0.0153. The van der Waals surface area contributed by atoms with Crippen molar-refractivity contribution < 1.29 is 32.2 Å². The Morgan fingerprint density at radius 3 is 2.26 bits per heavy atom. The molecule has 7 atom stereocenters. The highest BCUT2D eigenvalue weighted by Crippen LogP contribution is 2.73. The van der Waals surface area contributed by atoms with Crippen molar-refractivity contribution >= 4 is 23.5 Å². The number of alkyl halides is 5. The van der Waals surface area contributed by atoms with Gasteiger partial charge in [0.05, 0.1) is 4.08 Å². The zero-order chi connectivity index (χ0) is 25.5. The van der Waals surface area contributed by atoms with Crippen LogP contribution in [0.5, 0.6) is 0 Å². The van der Waals surface area contributed by atoms with Crippen LogP contribution in [0, 0.1) is 34.5 Å². The van der Waals surface area contributed by atoms with Gasteiger partial charge in [-0.05, 0) is 86.9 Å². The highest BCUT2D eigenvalue weighted by atomic mass is 32.2. The fourth-order valence-electron chi connectivity index (χ4n) is 8.94. The van der Waals surface area contributed by atoms with Crippen molar-refractivity contribution in [2.45, 2.75) is 93.4 Å². The first-order valence-electron chi connectivity index (χ1n) is 13.0. The van der Waals surface area contributed by atoms with E-state index in [9.17, 15) is 32.2 Å². The Morgan fingerprint density at radius 2 is 1.63 bits per heavy atom. The Labute approximate surface area is 213 Å². The van der Waals surface area contributed by atoms with E-state index in [1.54, 1.807) is 0 Å². The molecule has 0 amide bonds. The molecule has 0 bridgehead atoms. The number of aliphatic hydroxyl groups is 2. The molecule has 0 radical (unpaired) electrons. The van der Waals surface area contributed by atoms with Crippen LogP contribution in [0.1, 0.15) is 71.6 Å². The summed E-state index contributed by atoms with van der Waals surface area (Å²) < 4.78 is 70.4. The number of allylic oxidation sites excluding steroid dienone is 1. The van der Waals surface area contributed by atoms with Crippen molar-refractivity contribution in [3.8, 4) is 0 Å². The molecule has 1 aliphatic heterocycles. The van der Waals surface area contributed by atoms with Gasteiger partial charge in [0.15, 0.2) is 0 Å². The van der Waals surface area contributed by atoms with E-state index in [2.05, 4.69) is 13.0 Å². The third-order valence-electron chi connectivity index (χ3n) is 10.8. The molecule has 0 aromatic carbocycles. The number of hydrogen-bond acceptors (Lipinski definition) is 4. The highest BCUT2D eigenvalue weighted by molar-refractivity contribution is 8.21. The van der Waals surface area contributed by atoms with Crippen LogP contribution < -0.4 is 0 Å².